The van der Waals surface area contributed by atoms with Gasteiger partial charge < -0.3 is 5.32 Å². The van der Waals surface area contributed by atoms with Crippen LogP contribution in [-0.2, 0) is 6.18 Å². The van der Waals surface area contributed by atoms with E-state index in [1.165, 1.54) is 12.3 Å². The highest BCUT2D eigenvalue weighted by Gasteiger charge is 2.37. The van der Waals surface area contributed by atoms with Crippen LogP contribution < -0.4 is 5.32 Å². The van der Waals surface area contributed by atoms with Crippen LogP contribution in [0.5, 0.6) is 0 Å². The minimum Gasteiger partial charge on any atom is -0.367 e. The van der Waals surface area contributed by atoms with E-state index in [0.29, 0.717) is 11.8 Å². The van der Waals surface area contributed by atoms with Gasteiger partial charge in [0.2, 0.25) is 0 Å². The van der Waals surface area contributed by atoms with E-state index in [2.05, 4.69) is 24.1 Å². The average Bonchev–Trinajstić information content (AvgIpc) is 2.70. The summed E-state index contributed by atoms with van der Waals surface area (Å²) in [5.41, 5.74) is -0.679. The summed E-state index contributed by atoms with van der Waals surface area (Å²) in [6.07, 6.45) is 0.0991. The van der Waals surface area contributed by atoms with Gasteiger partial charge in [-0.15, -0.1) is 0 Å². The van der Waals surface area contributed by atoms with Crippen molar-refractivity contribution in [3.05, 3.63) is 23.9 Å². The molecule has 106 valence electrons. The van der Waals surface area contributed by atoms with Gasteiger partial charge in [0.25, 0.3) is 0 Å². The molecule has 19 heavy (non-hydrogen) atoms. The second-order valence-electron chi connectivity index (χ2n) is 5.25. The third-order valence-electron chi connectivity index (χ3n) is 4.19. The molecule has 3 unspecified atom stereocenters. The molecule has 0 radical (unpaired) electrons. The summed E-state index contributed by atoms with van der Waals surface area (Å²) in [7, 11) is 0. The zero-order valence-corrected chi connectivity index (χ0v) is 11.2. The Kier molecular flexibility index (Phi) is 4.02. The van der Waals surface area contributed by atoms with E-state index in [0.717, 1.165) is 25.3 Å². The first-order valence-corrected chi connectivity index (χ1v) is 6.72. The Labute approximate surface area is 111 Å². The van der Waals surface area contributed by atoms with Crippen molar-refractivity contribution in [2.45, 2.75) is 45.3 Å². The number of halogens is 3. The average molecular weight is 272 g/mol. The fourth-order valence-corrected chi connectivity index (χ4v) is 2.95. The van der Waals surface area contributed by atoms with Crippen molar-refractivity contribution in [1.82, 2.24) is 4.98 Å². The summed E-state index contributed by atoms with van der Waals surface area (Å²) in [4.78, 5) is 3.86. The lowest BCUT2D eigenvalue weighted by Crippen LogP contribution is -2.26. The van der Waals surface area contributed by atoms with Gasteiger partial charge in [-0.3, -0.25) is 0 Å². The molecule has 2 nitrogen and oxygen atoms in total. The maximum Gasteiger partial charge on any atom is 0.419 e. The number of hydrogen-bond donors (Lipinski definition) is 1. The Morgan fingerprint density at radius 2 is 2.11 bits per heavy atom. The number of pyridine rings is 1. The van der Waals surface area contributed by atoms with Crippen LogP contribution in [0.1, 0.15) is 38.7 Å². The molecule has 1 aliphatic carbocycles. The van der Waals surface area contributed by atoms with Crippen molar-refractivity contribution < 1.29 is 13.2 Å². The summed E-state index contributed by atoms with van der Waals surface area (Å²) < 4.78 is 38.6. The van der Waals surface area contributed by atoms with E-state index in [-0.39, 0.29) is 11.9 Å². The fraction of sp³-hybridized carbons (Fsp3) is 0.643. The zero-order valence-electron chi connectivity index (χ0n) is 11.2. The number of nitrogens with one attached hydrogen (secondary N) is 1. The lowest BCUT2D eigenvalue weighted by Gasteiger charge is -2.23. The highest BCUT2D eigenvalue weighted by Crippen LogP contribution is 2.38. The van der Waals surface area contributed by atoms with Crippen LogP contribution in [0.2, 0.25) is 0 Å². The molecule has 1 aromatic rings. The lowest BCUT2D eigenvalue weighted by molar-refractivity contribution is -0.137. The van der Waals surface area contributed by atoms with Crippen molar-refractivity contribution in [3.63, 3.8) is 0 Å². The van der Waals surface area contributed by atoms with Crippen molar-refractivity contribution in [2.24, 2.45) is 11.8 Å². The predicted octanol–water partition coefficient (Wildman–Crippen LogP) is 4.34. The summed E-state index contributed by atoms with van der Waals surface area (Å²) >= 11 is 0. The third-order valence-corrected chi connectivity index (χ3v) is 4.19. The maximum absolute atomic E-state index is 12.9. The van der Waals surface area contributed by atoms with E-state index in [1.54, 1.807) is 0 Å². The van der Waals surface area contributed by atoms with Gasteiger partial charge in [0.15, 0.2) is 0 Å². The Bertz CT molecular complexity index is 431. The molecule has 2 rings (SSSR count). The molecule has 3 atom stereocenters. The molecular formula is C14H19F3N2. The molecule has 0 aromatic carbocycles. The van der Waals surface area contributed by atoms with Crippen LogP contribution in [0.3, 0.4) is 0 Å². The largest absolute Gasteiger partial charge is 0.419 e. The Morgan fingerprint density at radius 1 is 1.37 bits per heavy atom. The highest BCUT2D eigenvalue weighted by molar-refractivity contribution is 5.46. The molecule has 5 heteroatoms. The van der Waals surface area contributed by atoms with Gasteiger partial charge in [-0.2, -0.15) is 13.2 Å². The number of rotatable bonds is 3. The van der Waals surface area contributed by atoms with Gasteiger partial charge in [-0.1, -0.05) is 20.3 Å². The second kappa shape index (κ2) is 5.39. The van der Waals surface area contributed by atoms with E-state index in [4.69, 9.17) is 0 Å². The zero-order chi connectivity index (χ0) is 14.0. The predicted molar refractivity (Wildman–Crippen MR) is 68.8 cm³/mol. The lowest BCUT2D eigenvalue weighted by atomic mass is 9.93. The number of anilines is 1. The van der Waals surface area contributed by atoms with Crippen LogP contribution >= 0.6 is 0 Å². The van der Waals surface area contributed by atoms with Crippen molar-refractivity contribution >= 4 is 5.82 Å². The van der Waals surface area contributed by atoms with Crippen LogP contribution in [0.15, 0.2) is 18.3 Å². The molecule has 1 heterocycles. The van der Waals surface area contributed by atoms with Gasteiger partial charge in [-0.25, -0.2) is 4.98 Å². The summed E-state index contributed by atoms with van der Waals surface area (Å²) in [6.45, 7) is 4.24. The molecule has 0 aliphatic heterocycles. The maximum atomic E-state index is 12.9. The third kappa shape index (κ3) is 3.01. The Hall–Kier alpha value is -1.26. The van der Waals surface area contributed by atoms with Crippen LogP contribution in [-0.4, -0.2) is 11.0 Å². The Morgan fingerprint density at radius 3 is 2.68 bits per heavy atom. The van der Waals surface area contributed by atoms with Crippen molar-refractivity contribution in [3.8, 4) is 0 Å². The normalized spacial score (nSPS) is 27.5. The van der Waals surface area contributed by atoms with Gasteiger partial charge in [0, 0.05) is 12.2 Å². The second-order valence-corrected chi connectivity index (χ2v) is 5.25. The standard InChI is InChI=1S/C14H19F3N2/c1-3-10-6-7-12(9(10)2)19-13-11(14(15,16)17)5-4-8-18-13/h4-5,8-10,12H,3,6-7H2,1-2H3,(H,18,19). The van der Waals surface area contributed by atoms with Gasteiger partial charge >= 0.3 is 6.18 Å². The molecule has 0 spiro atoms. The van der Waals surface area contributed by atoms with E-state index < -0.39 is 11.7 Å². The first kappa shape index (κ1) is 14.2. The number of aromatic nitrogens is 1. The minimum absolute atomic E-state index is 0.0383. The quantitative estimate of drug-likeness (QED) is 0.885. The molecule has 1 N–H and O–H groups in total. The first-order valence-electron chi connectivity index (χ1n) is 6.72. The van der Waals surface area contributed by atoms with Crippen molar-refractivity contribution in [1.29, 1.82) is 0 Å². The molecular weight excluding hydrogens is 253 g/mol. The summed E-state index contributed by atoms with van der Waals surface area (Å²) in [5.74, 6) is 0.937. The Balaban J connectivity index is 2.16. The molecule has 1 aromatic heterocycles. The molecule has 1 fully saturated rings. The van der Waals surface area contributed by atoms with E-state index in [9.17, 15) is 13.2 Å². The fourth-order valence-electron chi connectivity index (χ4n) is 2.95. The summed E-state index contributed by atoms with van der Waals surface area (Å²) in [5, 5.41) is 3.00. The molecule has 0 amide bonds. The van der Waals surface area contributed by atoms with E-state index >= 15 is 0 Å². The number of nitrogens with zero attached hydrogens (tertiary/aromatic N) is 1. The highest BCUT2D eigenvalue weighted by atomic mass is 19.4. The van der Waals surface area contributed by atoms with E-state index in [1.807, 2.05) is 0 Å². The van der Waals surface area contributed by atoms with Crippen LogP contribution in [0.4, 0.5) is 19.0 Å². The van der Waals surface area contributed by atoms with Gasteiger partial charge in [-0.05, 0) is 36.8 Å². The van der Waals surface area contributed by atoms with Crippen LogP contribution in [0, 0.1) is 11.8 Å². The number of alkyl halides is 3. The summed E-state index contributed by atoms with van der Waals surface area (Å²) in [6, 6.07) is 2.48. The smallest absolute Gasteiger partial charge is 0.367 e. The van der Waals surface area contributed by atoms with Crippen molar-refractivity contribution in [2.75, 3.05) is 5.32 Å². The van der Waals surface area contributed by atoms with Gasteiger partial charge in [0.05, 0.1) is 5.56 Å². The minimum atomic E-state index is -4.36. The monoisotopic (exact) mass is 272 g/mol. The van der Waals surface area contributed by atoms with Crippen LogP contribution in [0.25, 0.3) is 0 Å². The first-order chi connectivity index (χ1) is 8.93. The molecule has 0 bridgehead atoms. The van der Waals surface area contributed by atoms with Gasteiger partial charge in [0.1, 0.15) is 5.82 Å². The molecule has 1 aliphatic rings. The topological polar surface area (TPSA) is 24.9 Å². The number of hydrogen-bond acceptors (Lipinski definition) is 2. The SMILES string of the molecule is CCC1CCC(Nc2ncccc2C(F)(F)F)C1C. The molecule has 0 saturated heterocycles. The molecule has 1 saturated carbocycles.